The molecule has 2 N–H and O–H groups in total. The van der Waals surface area contributed by atoms with Crippen LogP contribution >= 0.6 is 11.6 Å². The smallest absolute Gasteiger partial charge is 0.326 e. The lowest BCUT2D eigenvalue weighted by molar-refractivity contribution is -0.141. The summed E-state index contributed by atoms with van der Waals surface area (Å²) in [5.74, 6) is -1.35. The molecule has 1 saturated heterocycles. The van der Waals surface area contributed by atoms with E-state index in [1.54, 1.807) is 6.07 Å². The maximum atomic E-state index is 12.5. The monoisotopic (exact) mass is 299 g/mol. The quantitative estimate of drug-likeness (QED) is 0.870. The lowest BCUT2D eigenvalue weighted by atomic mass is 10.1. The Kier molecular flexibility index (Phi) is 4.15. The number of methoxy groups -OCH3 is 1. The van der Waals surface area contributed by atoms with E-state index in [1.165, 1.54) is 19.2 Å². The second kappa shape index (κ2) is 5.68. The largest absolute Gasteiger partial charge is 0.496 e. The zero-order valence-corrected chi connectivity index (χ0v) is 11.5. The summed E-state index contributed by atoms with van der Waals surface area (Å²) in [7, 11) is 1.41. The van der Waals surface area contributed by atoms with Crippen molar-refractivity contribution in [3.05, 3.63) is 28.8 Å². The first-order valence-electron chi connectivity index (χ1n) is 5.99. The summed E-state index contributed by atoms with van der Waals surface area (Å²) in [5, 5.41) is 19.0. The molecule has 108 valence electrons. The molecule has 0 saturated carbocycles. The lowest BCUT2D eigenvalue weighted by Crippen LogP contribution is -2.40. The Morgan fingerprint density at radius 3 is 2.75 bits per heavy atom. The van der Waals surface area contributed by atoms with Gasteiger partial charge in [-0.3, -0.25) is 4.79 Å². The molecule has 1 aromatic rings. The van der Waals surface area contributed by atoms with Crippen LogP contribution in [0.25, 0.3) is 0 Å². The van der Waals surface area contributed by atoms with Crippen LogP contribution in [0.5, 0.6) is 5.75 Å². The van der Waals surface area contributed by atoms with E-state index >= 15 is 0 Å². The molecule has 1 aliphatic rings. The predicted molar refractivity (Wildman–Crippen MR) is 71.1 cm³/mol. The van der Waals surface area contributed by atoms with Crippen molar-refractivity contribution in [2.45, 2.75) is 18.6 Å². The number of rotatable bonds is 3. The molecule has 20 heavy (non-hydrogen) atoms. The molecule has 0 radical (unpaired) electrons. The highest BCUT2D eigenvalue weighted by Crippen LogP contribution is 2.27. The number of carboxylic acid groups (broad SMARTS) is 1. The van der Waals surface area contributed by atoms with Gasteiger partial charge in [-0.2, -0.15) is 0 Å². The van der Waals surface area contributed by atoms with Crippen molar-refractivity contribution >= 4 is 23.5 Å². The lowest BCUT2D eigenvalue weighted by Gasteiger charge is -2.22. The zero-order chi connectivity index (χ0) is 14.9. The molecule has 0 aliphatic carbocycles. The van der Waals surface area contributed by atoms with Crippen molar-refractivity contribution in [1.29, 1.82) is 0 Å². The highest BCUT2D eigenvalue weighted by atomic mass is 35.5. The molecular weight excluding hydrogens is 286 g/mol. The number of ether oxygens (including phenoxy) is 1. The number of nitrogens with zero attached hydrogens (tertiary/aromatic N) is 1. The van der Waals surface area contributed by atoms with Crippen molar-refractivity contribution in [3.63, 3.8) is 0 Å². The number of likely N-dealkylation sites (tertiary alicyclic amines) is 1. The van der Waals surface area contributed by atoms with Gasteiger partial charge >= 0.3 is 5.97 Å². The summed E-state index contributed by atoms with van der Waals surface area (Å²) in [5.41, 5.74) is 0.181. The molecule has 2 atom stereocenters. The SMILES string of the molecule is COc1ccc(Cl)cc1C(=O)N1C[C@H](O)C[C@@H]1C(=O)O. The first-order chi connectivity index (χ1) is 9.43. The van der Waals surface area contributed by atoms with Gasteiger partial charge < -0.3 is 19.8 Å². The number of aliphatic hydroxyl groups is 1. The van der Waals surface area contributed by atoms with Gasteiger partial charge in [-0.25, -0.2) is 4.79 Å². The molecule has 0 aromatic heterocycles. The van der Waals surface area contributed by atoms with Crippen molar-refractivity contribution in [1.82, 2.24) is 4.90 Å². The van der Waals surface area contributed by atoms with Crippen LogP contribution < -0.4 is 4.74 Å². The summed E-state index contributed by atoms with van der Waals surface area (Å²) in [6, 6.07) is 3.50. The topological polar surface area (TPSA) is 87.1 Å². The number of hydrogen-bond donors (Lipinski definition) is 2. The fourth-order valence-corrected chi connectivity index (χ4v) is 2.45. The average Bonchev–Trinajstić information content (AvgIpc) is 2.80. The van der Waals surface area contributed by atoms with E-state index in [0.29, 0.717) is 10.8 Å². The Bertz CT molecular complexity index is 548. The van der Waals surface area contributed by atoms with Crippen LogP contribution in [-0.2, 0) is 4.79 Å². The number of aliphatic hydroxyl groups excluding tert-OH is 1. The molecule has 0 spiro atoms. The molecule has 1 aliphatic heterocycles. The fraction of sp³-hybridized carbons (Fsp3) is 0.385. The Morgan fingerprint density at radius 2 is 2.15 bits per heavy atom. The Morgan fingerprint density at radius 1 is 1.45 bits per heavy atom. The Labute approximate surface area is 120 Å². The summed E-state index contributed by atoms with van der Waals surface area (Å²) in [6.45, 7) is -0.0224. The predicted octanol–water partition coefficient (Wildman–Crippen LogP) is 1.01. The van der Waals surface area contributed by atoms with Crippen molar-refractivity contribution in [2.24, 2.45) is 0 Å². The van der Waals surface area contributed by atoms with Crippen LogP contribution in [-0.4, -0.2) is 52.8 Å². The van der Waals surface area contributed by atoms with Gasteiger partial charge in [0.25, 0.3) is 5.91 Å². The standard InChI is InChI=1S/C13H14ClNO5/c1-20-11-3-2-7(14)4-9(11)12(17)15-6-8(16)5-10(15)13(18)19/h2-4,8,10,16H,5-6H2,1H3,(H,18,19)/t8-,10-/m1/s1. The molecule has 6 nitrogen and oxygen atoms in total. The van der Waals surface area contributed by atoms with Gasteiger partial charge in [-0.05, 0) is 18.2 Å². The number of halogens is 1. The third-order valence-corrected chi connectivity index (χ3v) is 3.45. The number of hydrogen-bond acceptors (Lipinski definition) is 4. The second-order valence-electron chi connectivity index (χ2n) is 4.55. The number of carboxylic acids is 1. The summed E-state index contributed by atoms with van der Waals surface area (Å²) < 4.78 is 5.09. The first kappa shape index (κ1) is 14.6. The maximum absolute atomic E-state index is 12.5. The molecule has 1 amide bonds. The van der Waals surface area contributed by atoms with E-state index in [0.717, 1.165) is 4.90 Å². The van der Waals surface area contributed by atoms with Gasteiger partial charge in [0, 0.05) is 18.0 Å². The summed E-state index contributed by atoms with van der Waals surface area (Å²) in [4.78, 5) is 24.7. The third-order valence-electron chi connectivity index (χ3n) is 3.22. The highest BCUT2D eigenvalue weighted by Gasteiger charge is 2.39. The molecule has 0 bridgehead atoms. The Balaban J connectivity index is 2.35. The number of carbonyl (C=O) groups excluding carboxylic acids is 1. The minimum absolute atomic E-state index is 0.0178. The maximum Gasteiger partial charge on any atom is 0.326 e. The van der Waals surface area contributed by atoms with E-state index in [2.05, 4.69) is 0 Å². The molecular formula is C13H14ClNO5. The molecule has 0 unspecified atom stereocenters. The van der Waals surface area contributed by atoms with Gasteiger partial charge in [0.2, 0.25) is 0 Å². The zero-order valence-electron chi connectivity index (χ0n) is 10.7. The molecule has 2 rings (SSSR count). The Hall–Kier alpha value is -1.79. The minimum Gasteiger partial charge on any atom is -0.496 e. The molecule has 1 fully saturated rings. The van der Waals surface area contributed by atoms with Crippen LogP contribution in [0.4, 0.5) is 0 Å². The number of amides is 1. The van der Waals surface area contributed by atoms with Gasteiger partial charge in [0.1, 0.15) is 11.8 Å². The fourth-order valence-electron chi connectivity index (χ4n) is 2.27. The number of aliphatic carboxylic acids is 1. The van der Waals surface area contributed by atoms with Crippen LogP contribution in [0.1, 0.15) is 16.8 Å². The highest BCUT2D eigenvalue weighted by molar-refractivity contribution is 6.31. The van der Waals surface area contributed by atoms with Crippen LogP contribution in [0.15, 0.2) is 18.2 Å². The van der Waals surface area contributed by atoms with E-state index in [-0.39, 0.29) is 18.5 Å². The number of carbonyl (C=O) groups is 2. The van der Waals surface area contributed by atoms with E-state index in [4.69, 9.17) is 21.4 Å². The molecule has 1 heterocycles. The van der Waals surface area contributed by atoms with Crippen molar-refractivity contribution in [3.8, 4) is 5.75 Å². The molecule has 1 aromatic carbocycles. The van der Waals surface area contributed by atoms with Crippen LogP contribution in [0.2, 0.25) is 5.02 Å². The van der Waals surface area contributed by atoms with E-state index in [9.17, 15) is 14.7 Å². The van der Waals surface area contributed by atoms with E-state index < -0.39 is 24.0 Å². The normalized spacial score (nSPS) is 21.9. The second-order valence-corrected chi connectivity index (χ2v) is 4.98. The van der Waals surface area contributed by atoms with E-state index in [1.807, 2.05) is 0 Å². The van der Waals surface area contributed by atoms with Gasteiger partial charge in [0.15, 0.2) is 0 Å². The van der Waals surface area contributed by atoms with Crippen molar-refractivity contribution < 1.29 is 24.5 Å². The van der Waals surface area contributed by atoms with Gasteiger partial charge in [0.05, 0.1) is 18.8 Å². The minimum atomic E-state index is -1.14. The first-order valence-corrected chi connectivity index (χ1v) is 6.37. The van der Waals surface area contributed by atoms with Gasteiger partial charge in [-0.15, -0.1) is 0 Å². The van der Waals surface area contributed by atoms with Gasteiger partial charge in [-0.1, -0.05) is 11.6 Å². The number of benzene rings is 1. The summed E-state index contributed by atoms with van der Waals surface area (Å²) in [6.07, 6.45) is -0.825. The average molecular weight is 300 g/mol. The molecule has 7 heteroatoms. The van der Waals surface area contributed by atoms with Crippen molar-refractivity contribution in [2.75, 3.05) is 13.7 Å². The number of β-amino-alcohol motifs (C(OH)–C–C–N with tert-alkyl or cyclic N) is 1. The van der Waals surface area contributed by atoms with Crippen LogP contribution in [0.3, 0.4) is 0 Å². The third kappa shape index (κ3) is 2.71. The van der Waals surface area contributed by atoms with Crippen LogP contribution in [0, 0.1) is 0 Å². The summed E-state index contributed by atoms with van der Waals surface area (Å²) >= 11 is 5.86.